The molecule has 0 atom stereocenters. The molecular weight excluding hydrogens is 402 g/mol. The minimum Gasteiger partial charge on any atom is -0.494 e. The van der Waals surface area contributed by atoms with Gasteiger partial charge in [-0.25, -0.2) is 4.99 Å². The predicted octanol–water partition coefficient (Wildman–Crippen LogP) is 4.56. The summed E-state index contributed by atoms with van der Waals surface area (Å²) in [5.74, 6) is -0.765. The number of amides is 2. The predicted molar refractivity (Wildman–Crippen MR) is 117 cm³/mol. The fraction of sp³-hybridized carbons (Fsp3) is 0.174. The fourth-order valence-corrected chi connectivity index (χ4v) is 3.60. The molecule has 1 aliphatic heterocycles. The zero-order chi connectivity index (χ0) is 21.3. The van der Waals surface area contributed by atoms with Gasteiger partial charge in [-0.05, 0) is 36.2 Å². The monoisotopic (exact) mass is 421 g/mol. The highest BCUT2D eigenvalue weighted by atomic mass is 35.5. The Morgan fingerprint density at radius 1 is 1.13 bits per heavy atom. The summed E-state index contributed by atoms with van der Waals surface area (Å²) in [4.78, 5) is 32.1. The first-order chi connectivity index (χ1) is 14.5. The Hall–Kier alpha value is -3.38. The maximum absolute atomic E-state index is 12.7. The zero-order valence-corrected chi connectivity index (χ0v) is 17.1. The molecule has 0 saturated carbocycles. The number of carbonyl (C=O) groups excluding carboxylic acids is 2. The second-order valence-electron chi connectivity index (χ2n) is 7.06. The minimum atomic E-state index is -0.445. The van der Waals surface area contributed by atoms with Crippen molar-refractivity contribution in [2.45, 2.75) is 19.8 Å². The lowest BCUT2D eigenvalue weighted by molar-refractivity contribution is 0.0952. The normalized spacial score (nSPS) is 12.6. The van der Waals surface area contributed by atoms with Crippen molar-refractivity contribution in [1.29, 1.82) is 0 Å². The van der Waals surface area contributed by atoms with Crippen molar-refractivity contribution in [3.05, 3.63) is 75.8 Å². The van der Waals surface area contributed by atoms with E-state index in [1.54, 1.807) is 48.5 Å². The number of aromatic amines is 1. The second-order valence-corrected chi connectivity index (χ2v) is 7.50. The van der Waals surface area contributed by atoms with Crippen molar-refractivity contribution in [2.24, 2.45) is 4.99 Å². The summed E-state index contributed by atoms with van der Waals surface area (Å²) in [6.07, 6.45) is 1.90. The molecule has 0 radical (unpaired) electrons. The zero-order valence-electron chi connectivity index (χ0n) is 16.3. The highest BCUT2D eigenvalue weighted by Gasteiger charge is 2.33. The average Bonchev–Trinajstić information content (AvgIpc) is 3.27. The first kappa shape index (κ1) is 19.9. The third kappa shape index (κ3) is 3.62. The number of hydrogen-bond donors (Lipinski definition) is 3. The van der Waals surface area contributed by atoms with Gasteiger partial charge in [-0.3, -0.25) is 9.59 Å². The highest BCUT2D eigenvalue weighted by molar-refractivity contribution is 6.32. The topological polar surface area (TPSA) is 94.5 Å². The number of unbranched alkanes of at least 4 members (excludes halogenated alkanes) is 1. The van der Waals surface area contributed by atoms with Gasteiger partial charge < -0.3 is 15.4 Å². The van der Waals surface area contributed by atoms with Gasteiger partial charge in [0.2, 0.25) is 0 Å². The Morgan fingerprint density at radius 3 is 2.63 bits per heavy atom. The number of rotatable bonds is 6. The van der Waals surface area contributed by atoms with Crippen molar-refractivity contribution >= 4 is 29.1 Å². The molecule has 0 bridgehead atoms. The van der Waals surface area contributed by atoms with Crippen LogP contribution in [0.4, 0.5) is 0 Å². The molecule has 4 rings (SSSR count). The number of halogens is 1. The lowest BCUT2D eigenvalue weighted by atomic mass is 9.99. The van der Waals surface area contributed by atoms with E-state index < -0.39 is 5.91 Å². The molecule has 3 N–H and O–H groups in total. The van der Waals surface area contributed by atoms with Crippen LogP contribution in [0, 0.1) is 0 Å². The molecule has 2 aromatic carbocycles. The van der Waals surface area contributed by atoms with Gasteiger partial charge in [-0.1, -0.05) is 49.2 Å². The van der Waals surface area contributed by atoms with E-state index in [-0.39, 0.29) is 11.8 Å². The summed E-state index contributed by atoms with van der Waals surface area (Å²) in [7, 11) is 0. The van der Waals surface area contributed by atoms with E-state index in [1.807, 2.05) is 0 Å². The van der Waals surface area contributed by atoms with E-state index >= 15 is 0 Å². The van der Waals surface area contributed by atoms with Crippen molar-refractivity contribution in [1.82, 2.24) is 10.3 Å². The van der Waals surface area contributed by atoms with Gasteiger partial charge in [0.05, 0.1) is 22.5 Å². The first-order valence-corrected chi connectivity index (χ1v) is 10.1. The van der Waals surface area contributed by atoms with Gasteiger partial charge in [0, 0.05) is 22.7 Å². The number of aromatic hydroxyl groups is 1. The molecule has 30 heavy (non-hydrogen) atoms. The molecule has 0 fully saturated rings. The quantitative estimate of drug-likeness (QED) is 0.509. The van der Waals surface area contributed by atoms with Crippen molar-refractivity contribution in [3.63, 3.8) is 0 Å². The number of aliphatic imine (C=N–C) groups is 1. The summed E-state index contributed by atoms with van der Waals surface area (Å²) in [5.41, 5.74) is 3.25. The standard InChI is InChI=1S/C23H20ClN3O3/c1-2-3-11-25-21(28)15-6-4-5-14(12-15)20-18-17(22(29)27-20)19(26-23(18)30)13-7-9-16(24)10-8-13/h4-10,12,27,29H,2-3,11H2,1H3,(H,25,28). The maximum Gasteiger partial charge on any atom is 0.280 e. The van der Waals surface area contributed by atoms with Crippen LogP contribution < -0.4 is 5.32 Å². The lowest BCUT2D eigenvalue weighted by Gasteiger charge is -2.06. The van der Waals surface area contributed by atoms with E-state index in [4.69, 9.17) is 11.6 Å². The Morgan fingerprint density at radius 2 is 1.90 bits per heavy atom. The van der Waals surface area contributed by atoms with Crippen LogP contribution in [0.1, 0.15) is 51.6 Å². The van der Waals surface area contributed by atoms with Gasteiger partial charge in [-0.15, -0.1) is 0 Å². The minimum absolute atomic E-state index is 0.141. The van der Waals surface area contributed by atoms with Crippen LogP contribution in [0.25, 0.3) is 11.3 Å². The number of nitrogens with one attached hydrogen (secondary N) is 2. The number of H-pyrrole nitrogens is 1. The Kier molecular flexibility index (Phi) is 5.42. The highest BCUT2D eigenvalue weighted by Crippen LogP contribution is 2.38. The molecule has 1 aliphatic rings. The molecule has 0 aliphatic carbocycles. The smallest absolute Gasteiger partial charge is 0.280 e. The van der Waals surface area contributed by atoms with Gasteiger partial charge in [0.15, 0.2) is 5.88 Å². The molecule has 0 spiro atoms. The molecule has 7 heteroatoms. The third-order valence-electron chi connectivity index (χ3n) is 4.99. The molecule has 0 saturated heterocycles. The van der Waals surface area contributed by atoms with Crippen molar-refractivity contribution < 1.29 is 14.7 Å². The van der Waals surface area contributed by atoms with Crippen LogP contribution in [0.3, 0.4) is 0 Å². The second kappa shape index (κ2) is 8.16. The first-order valence-electron chi connectivity index (χ1n) is 9.72. The van der Waals surface area contributed by atoms with Crippen LogP contribution >= 0.6 is 11.6 Å². The maximum atomic E-state index is 12.7. The van der Waals surface area contributed by atoms with Gasteiger partial charge in [-0.2, -0.15) is 0 Å². The Balaban J connectivity index is 1.71. The Labute approximate surface area is 178 Å². The summed E-state index contributed by atoms with van der Waals surface area (Å²) < 4.78 is 0. The van der Waals surface area contributed by atoms with Crippen molar-refractivity contribution in [3.8, 4) is 17.1 Å². The van der Waals surface area contributed by atoms with E-state index in [0.29, 0.717) is 50.8 Å². The lowest BCUT2D eigenvalue weighted by Crippen LogP contribution is -2.24. The number of hydrogen-bond acceptors (Lipinski definition) is 3. The number of aromatic nitrogens is 1. The van der Waals surface area contributed by atoms with Crippen LogP contribution in [0.5, 0.6) is 5.88 Å². The number of carbonyl (C=O) groups is 2. The SMILES string of the molecule is CCCCNC(=O)c1cccc(-c2[nH]c(O)c3c2C(=O)N=C3c2ccc(Cl)cc2)c1. The molecule has 2 heterocycles. The molecular formula is C23H20ClN3O3. The largest absolute Gasteiger partial charge is 0.494 e. The summed E-state index contributed by atoms with van der Waals surface area (Å²) >= 11 is 5.95. The number of nitrogens with zero attached hydrogens (tertiary/aromatic N) is 1. The van der Waals surface area contributed by atoms with Gasteiger partial charge in [0.1, 0.15) is 0 Å². The van der Waals surface area contributed by atoms with E-state index in [9.17, 15) is 14.7 Å². The van der Waals surface area contributed by atoms with Gasteiger partial charge >= 0.3 is 0 Å². The van der Waals surface area contributed by atoms with Crippen LogP contribution in [0.2, 0.25) is 5.02 Å². The summed E-state index contributed by atoms with van der Waals surface area (Å²) in [6, 6.07) is 13.8. The molecule has 152 valence electrons. The average molecular weight is 422 g/mol. The molecule has 3 aromatic rings. The van der Waals surface area contributed by atoms with E-state index in [0.717, 1.165) is 12.8 Å². The number of fused-ring (bicyclic) bond motifs is 1. The fourth-order valence-electron chi connectivity index (χ4n) is 3.47. The van der Waals surface area contributed by atoms with E-state index in [2.05, 4.69) is 22.2 Å². The van der Waals surface area contributed by atoms with Gasteiger partial charge in [0.25, 0.3) is 11.8 Å². The van der Waals surface area contributed by atoms with Crippen LogP contribution in [-0.4, -0.2) is 34.2 Å². The number of benzene rings is 2. The summed E-state index contributed by atoms with van der Waals surface area (Å²) in [5, 5.41) is 14.0. The molecule has 6 nitrogen and oxygen atoms in total. The molecule has 1 aromatic heterocycles. The molecule has 2 amide bonds. The van der Waals surface area contributed by atoms with Crippen molar-refractivity contribution in [2.75, 3.05) is 6.54 Å². The Bertz CT molecular complexity index is 1160. The third-order valence-corrected chi connectivity index (χ3v) is 5.24. The van der Waals surface area contributed by atoms with Crippen LogP contribution in [0.15, 0.2) is 53.5 Å². The summed E-state index contributed by atoms with van der Waals surface area (Å²) in [6.45, 7) is 2.66. The molecule has 0 unspecified atom stereocenters. The van der Waals surface area contributed by atoms with Crippen LogP contribution in [-0.2, 0) is 0 Å². The van der Waals surface area contributed by atoms with E-state index in [1.165, 1.54) is 0 Å².